The minimum absolute atomic E-state index is 0.373. The van der Waals surface area contributed by atoms with E-state index >= 15 is 0 Å². The second-order valence-corrected chi connectivity index (χ2v) is 6.55. The zero-order chi connectivity index (χ0) is 12.9. The van der Waals surface area contributed by atoms with E-state index in [2.05, 4.69) is 45.0 Å². The lowest BCUT2D eigenvalue weighted by atomic mass is 9.92. The lowest BCUT2D eigenvalue weighted by Crippen LogP contribution is -2.48. The van der Waals surface area contributed by atoms with E-state index in [4.69, 9.17) is 4.74 Å². The van der Waals surface area contributed by atoms with Crippen LogP contribution in [0.3, 0.4) is 0 Å². The number of ether oxygens (including phenoxy) is 1. The lowest BCUT2D eigenvalue weighted by Gasteiger charge is -2.36. The van der Waals surface area contributed by atoms with Gasteiger partial charge in [0.2, 0.25) is 0 Å². The lowest BCUT2D eigenvalue weighted by molar-refractivity contribution is 0.0168. The summed E-state index contributed by atoms with van der Waals surface area (Å²) in [6.45, 7) is 14.2. The van der Waals surface area contributed by atoms with E-state index in [1.807, 2.05) is 0 Å². The molecule has 2 unspecified atom stereocenters. The van der Waals surface area contributed by atoms with Crippen molar-refractivity contribution in [1.29, 1.82) is 0 Å². The van der Waals surface area contributed by atoms with Gasteiger partial charge in [0.25, 0.3) is 0 Å². The molecular weight excluding hydrogens is 212 g/mol. The molecule has 0 bridgehead atoms. The van der Waals surface area contributed by atoms with Crippen LogP contribution in [-0.2, 0) is 4.74 Å². The van der Waals surface area contributed by atoms with Crippen molar-refractivity contribution in [2.45, 2.75) is 40.2 Å². The standard InChI is InChI=1S/C14H30N2O/c1-6-15-13-7-8-17-10-12(13)9-16(5)11-14(2,3)4/h12-13,15H,6-11H2,1-5H3. The largest absolute Gasteiger partial charge is 0.381 e. The molecule has 0 radical (unpaired) electrons. The molecule has 0 aromatic carbocycles. The maximum atomic E-state index is 5.62. The number of hydrogen-bond donors (Lipinski definition) is 1. The van der Waals surface area contributed by atoms with Crippen LogP contribution in [0.1, 0.15) is 34.1 Å². The predicted octanol–water partition coefficient (Wildman–Crippen LogP) is 1.98. The molecule has 2 atom stereocenters. The van der Waals surface area contributed by atoms with Gasteiger partial charge in [0.1, 0.15) is 0 Å². The second-order valence-electron chi connectivity index (χ2n) is 6.55. The Labute approximate surface area is 107 Å². The van der Waals surface area contributed by atoms with Gasteiger partial charge in [-0.25, -0.2) is 0 Å². The van der Waals surface area contributed by atoms with Crippen LogP contribution in [0.5, 0.6) is 0 Å². The molecule has 102 valence electrons. The molecule has 1 aliphatic rings. The zero-order valence-electron chi connectivity index (χ0n) is 12.3. The maximum Gasteiger partial charge on any atom is 0.0521 e. The number of nitrogens with one attached hydrogen (secondary N) is 1. The van der Waals surface area contributed by atoms with Gasteiger partial charge in [-0.1, -0.05) is 27.7 Å². The quantitative estimate of drug-likeness (QED) is 0.798. The van der Waals surface area contributed by atoms with Gasteiger partial charge in [-0.05, 0) is 25.4 Å². The summed E-state index contributed by atoms with van der Waals surface area (Å²) in [4.78, 5) is 2.45. The molecule has 1 saturated heterocycles. The molecule has 0 aromatic heterocycles. The van der Waals surface area contributed by atoms with E-state index in [1.165, 1.54) is 0 Å². The van der Waals surface area contributed by atoms with E-state index in [0.717, 1.165) is 39.3 Å². The van der Waals surface area contributed by atoms with Gasteiger partial charge in [0.15, 0.2) is 0 Å². The minimum Gasteiger partial charge on any atom is -0.381 e. The van der Waals surface area contributed by atoms with Crippen molar-refractivity contribution >= 4 is 0 Å². The predicted molar refractivity (Wildman–Crippen MR) is 73.3 cm³/mol. The Hall–Kier alpha value is -0.120. The summed E-state index contributed by atoms with van der Waals surface area (Å²) in [5, 5.41) is 3.60. The number of rotatable bonds is 5. The van der Waals surface area contributed by atoms with E-state index < -0.39 is 0 Å². The molecule has 0 saturated carbocycles. The Morgan fingerprint density at radius 2 is 2.06 bits per heavy atom. The van der Waals surface area contributed by atoms with E-state index in [0.29, 0.717) is 17.4 Å². The number of nitrogens with zero attached hydrogens (tertiary/aromatic N) is 1. The highest BCUT2D eigenvalue weighted by atomic mass is 16.5. The average molecular weight is 242 g/mol. The summed E-state index contributed by atoms with van der Waals surface area (Å²) < 4.78 is 5.62. The SMILES string of the molecule is CCNC1CCOCC1CN(C)CC(C)(C)C. The summed E-state index contributed by atoms with van der Waals surface area (Å²) in [5.74, 6) is 0.635. The van der Waals surface area contributed by atoms with Crippen molar-refractivity contribution < 1.29 is 4.74 Å². The third-order valence-electron chi connectivity index (χ3n) is 3.23. The molecule has 0 aliphatic carbocycles. The molecule has 3 heteroatoms. The second kappa shape index (κ2) is 6.72. The molecule has 1 N–H and O–H groups in total. The summed E-state index contributed by atoms with van der Waals surface area (Å²) in [7, 11) is 2.23. The van der Waals surface area contributed by atoms with Crippen LogP contribution in [-0.4, -0.2) is 50.8 Å². The first-order valence-electron chi connectivity index (χ1n) is 6.92. The Morgan fingerprint density at radius 1 is 1.35 bits per heavy atom. The fraction of sp³-hybridized carbons (Fsp3) is 1.00. The van der Waals surface area contributed by atoms with Gasteiger partial charge in [0.05, 0.1) is 6.61 Å². The summed E-state index contributed by atoms with van der Waals surface area (Å²) in [6.07, 6.45) is 1.15. The van der Waals surface area contributed by atoms with Crippen LogP contribution in [0.4, 0.5) is 0 Å². The Bertz CT molecular complexity index is 211. The van der Waals surface area contributed by atoms with Gasteiger partial charge >= 0.3 is 0 Å². The first kappa shape index (κ1) is 14.9. The highest BCUT2D eigenvalue weighted by Crippen LogP contribution is 2.19. The zero-order valence-corrected chi connectivity index (χ0v) is 12.3. The Morgan fingerprint density at radius 3 is 2.65 bits per heavy atom. The van der Waals surface area contributed by atoms with Gasteiger partial charge < -0.3 is 15.0 Å². The third-order valence-corrected chi connectivity index (χ3v) is 3.23. The van der Waals surface area contributed by atoms with E-state index in [1.54, 1.807) is 0 Å². The van der Waals surface area contributed by atoms with Crippen molar-refractivity contribution in [3.8, 4) is 0 Å². The fourth-order valence-electron chi connectivity index (χ4n) is 2.78. The number of hydrogen-bond acceptors (Lipinski definition) is 3. The topological polar surface area (TPSA) is 24.5 Å². The van der Waals surface area contributed by atoms with Crippen molar-refractivity contribution in [2.75, 3.05) is 39.9 Å². The minimum atomic E-state index is 0.373. The third kappa shape index (κ3) is 5.84. The molecule has 17 heavy (non-hydrogen) atoms. The molecule has 0 amide bonds. The normalized spacial score (nSPS) is 26.5. The highest BCUT2D eigenvalue weighted by molar-refractivity contribution is 4.82. The van der Waals surface area contributed by atoms with E-state index in [-0.39, 0.29) is 0 Å². The smallest absolute Gasteiger partial charge is 0.0521 e. The first-order chi connectivity index (χ1) is 7.92. The van der Waals surface area contributed by atoms with Gasteiger partial charge in [-0.3, -0.25) is 0 Å². The van der Waals surface area contributed by atoms with Crippen LogP contribution in [0, 0.1) is 11.3 Å². The Kier molecular flexibility index (Phi) is 5.90. The van der Waals surface area contributed by atoms with Crippen LogP contribution >= 0.6 is 0 Å². The van der Waals surface area contributed by atoms with Crippen LogP contribution in [0.25, 0.3) is 0 Å². The van der Waals surface area contributed by atoms with Crippen LogP contribution < -0.4 is 5.32 Å². The molecule has 1 fully saturated rings. The van der Waals surface area contributed by atoms with Crippen molar-refractivity contribution in [1.82, 2.24) is 10.2 Å². The molecule has 1 rings (SSSR count). The molecular formula is C14H30N2O. The average Bonchev–Trinajstić information content (AvgIpc) is 2.18. The van der Waals surface area contributed by atoms with Gasteiger partial charge in [-0.2, -0.15) is 0 Å². The molecule has 1 aliphatic heterocycles. The molecule has 3 nitrogen and oxygen atoms in total. The molecule has 0 spiro atoms. The van der Waals surface area contributed by atoms with Gasteiger partial charge in [0, 0.05) is 31.7 Å². The van der Waals surface area contributed by atoms with Crippen molar-refractivity contribution in [2.24, 2.45) is 11.3 Å². The van der Waals surface area contributed by atoms with Crippen LogP contribution in [0.2, 0.25) is 0 Å². The van der Waals surface area contributed by atoms with E-state index in [9.17, 15) is 0 Å². The molecule has 0 aromatic rings. The van der Waals surface area contributed by atoms with Gasteiger partial charge in [-0.15, -0.1) is 0 Å². The summed E-state index contributed by atoms with van der Waals surface area (Å²) >= 11 is 0. The first-order valence-corrected chi connectivity index (χ1v) is 6.92. The highest BCUT2D eigenvalue weighted by Gasteiger charge is 2.26. The van der Waals surface area contributed by atoms with Crippen molar-refractivity contribution in [3.63, 3.8) is 0 Å². The fourth-order valence-corrected chi connectivity index (χ4v) is 2.78. The Balaban J connectivity index is 2.41. The summed E-state index contributed by atoms with van der Waals surface area (Å²) in [6, 6.07) is 0.635. The summed E-state index contributed by atoms with van der Waals surface area (Å²) in [5.41, 5.74) is 0.373. The monoisotopic (exact) mass is 242 g/mol. The molecule has 1 heterocycles. The maximum absolute atomic E-state index is 5.62. The van der Waals surface area contributed by atoms with Crippen LogP contribution in [0.15, 0.2) is 0 Å². The van der Waals surface area contributed by atoms with Crippen molar-refractivity contribution in [3.05, 3.63) is 0 Å².